The molecule has 1 unspecified atom stereocenters. The minimum atomic E-state index is -0.287. The number of quaternary nitrogens is 1. The van der Waals surface area contributed by atoms with Gasteiger partial charge < -0.3 is 10.6 Å². The van der Waals surface area contributed by atoms with E-state index in [4.69, 9.17) is 9.54 Å². The maximum absolute atomic E-state index is 12.1. The molecule has 2 bridgehead atoms. The van der Waals surface area contributed by atoms with Crippen molar-refractivity contribution < 1.29 is 59.0 Å². The van der Waals surface area contributed by atoms with Gasteiger partial charge in [-0.3, -0.25) is 0 Å². The number of amides is 2. The van der Waals surface area contributed by atoms with Gasteiger partial charge in [-0.15, -0.1) is 4.33 Å². The number of fused-ring (bicyclic) bond motifs is 2. The Morgan fingerprint density at radius 2 is 2.36 bits per heavy atom. The van der Waals surface area contributed by atoms with Crippen LogP contribution < -0.4 is 35.3 Å². The third-order valence-corrected chi connectivity index (χ3v) is 3.61. The molecule has 2 amide bonds. The van der Waals surface area contributed by atoms with E-state index in [0.29, 0.717) is 32.0 Å². The number of carbonyl (C=O) groups is 1. The molecule has 2 aliphatic rings. The summed E-state index contributed by atoms with van der Waals surface area (Å²) in [4.78, 5) is 13.7. The van der Waals surface area contributed by atoms with E-state index < -0.39 is 0 Å². The number of rotatable bonds is 6. The van der Waals surface area contributed by atoms with Gasteiger partial charge in [0.1, 0.15) is 18.3 Å². The average molecular weight is 339 g/mol. The monoisotopic (exact) mass is 339 g/mol. The van der Waals surface area contributed by atoms with Crippen LogP contribution in [0.4, 0.5) is 4.79 Å². The van der Waals surface area contributed by atoms with Crippen LogP contribution in [0.3, 0.4) is 0 Å². The number of urea groups is 1. The molecule has 1 saturated heterocycles. The number of hydrogen-bond acceptors (Lipinski definition) is 7. The van der Waals surface area contributed by atoms with Crippen molar-refractivity contribution in [1.82, 2.24) is 19.7 Å². The molecule has 114 valence electrons. The number of carbonyl (C=O) groups excluding carboxylic acids is 1. The van der Waals surface area contributed by atoms with Crippen LogP contribution in [0.2, 0.25) is 0 Å². The standard InChI is InChI=1S/C10H13N5O5S.Na/c11-4-7-1-2-14(12-7)8-3-9-6-13(5-8)10(16)15(9)18-21-20-19-17;/h1-3,9,17H,4-6,11H2;/q;+1/p+1. The fourth-order valence-corrected chi connectivity index (χ4v) is 2.62. The Morgan fingerprint density at radius 3 is 3.05 bits per heavy atom. The molecule has 1 fully saturated rings. The number of hydrogen-bond donors (Lipinski definition) is 2. The Labute approximate surface area is 152 Å². The second-order valence-corrected chi connectivity index (χ2v) is 4.92. The van der Waals surface area contributed by atoms with Gasteiger partial charge in [-0.1, -0.05) is 5.04 Å². The molecule has 10 nitrogen and oxygen atoms in total. The zero-order valence-electron chi connectivity index (χ0n) is 11.9. The Bertz CT molecular complexity index is 570. The van der Waals surface area contributed by atoms with Crippen LogP contribution in [0.5, 0.6) is 0 Å². The third-order valence-electron chi connectivity index (χ3n) is 3.27. The van der Waals surface area contributed by atoms with Crippen LogP contribution in [-0.4, -0.2) is 50.2 Å². The van der Waals surface area contributed by atoms with Gasteiger partial charge in [0.2, 0.25) is 12.3 Å². The Kier molecular flexibility index (Phi) is 6.26. The molecule has 3 heterocycles. The topological polar surface area (TPSA) is 117 Å². The van der Waals surface area contributed by atoms with Gasteiger partial charge in [0.25, 0.3) is 0 Å². The molecule has 12 heteroatoms. The van der Waals surface area contributed by atoms with Gasteiger partial charge in [0, 0.05) is 12.7 Å². The van der Waals surface area contributed by atoms with Crippen LogP contribution >= 0.6 is 12.3 Å². The molecule has 3 rings (SSSR count). The summed E-state index contributed by atoms with van der Waals surface area (Å²) >= 11 is 0.354. The number of hydroxylamine groups is 2. The summed E-state index contributed by atoms with van der Waals surface area (Å²) in [5, 5.41) is 17.0. The first-order valence-corrected chi connectivity index (χ1v) is 6.84. The van der Waals surface area contributed by atoms with Crippen molar-refractivity contribution in [3.63, 3.8) is 0 Å². The summed E-state index contributed by atoms with van der Waals surface area (Å²) in [5.41, 5.74) is 5.55. The van der Waals surface area contributed by atoms with E-state index in [2.05, 4.69) is 20.2 Å². The zero-order chi connectivity index (χ0) is 14.8. The minimum Gasteiger partial charge on any atom is -0.352 e. The van der Waals surface area contributed by atoms with Crippen LogP contribution in [0, 0.1) is 0 Å². The fourth-order valence-electron chi connectivity index (χ4n) is 2.33. The van der Waals surface area contributed by atoms with Crippen molar-refractivity contribution in [3.05, 3.63) is 24.0 Å². The van der Waals surface area contributed by atoms with Crippen molar-refractivity contribution >= 4 is 24.1 Å². The first-order chi connectivity index (χ1) is 10.2. The van der Waals surface area contributed by atoms with Crippen LogP contribution in [0.1, 0.15) is 5.69 Å². The molecule has 0 radical (unpaired) electrons. The Hall–Kier alpha value is -0.630. The van der Waals surface area contributed by atoms with Crippen LogP contribution in [0.25, 0.3) is 5.70 Å². The van der Waals surface area contributed by atoms with Gasteiger partial charge in [-0.05, 0) is 12.1 Å². The minimum absolute atomic E-state index is 0. The van der Waals surface area contributed by atoms with Crippen molar-refractivity contribution in [2.24, 2.45) is 0 Å². The molecule has 1 aromatic heterocycles. The molecule has 0 saturated carbocycles. The van der Waals surface area contributed by atoms with Gasteiger partial charge in [-0.25, -0.2) is 14.7 Å². The Morgan fingerprint density at radius 1 is 1.55 bits per heavy atom. The summed E-state index contributed by atoms with van der Waals surface area (Å²) in [6.45, 7) is 1.57. The summed E-state index contributed by atoms with van der Waals surface area (Å²) in [5.74, 6) is 0. The summed E-state index contributed by atoms with van der Waals surface area (Å²) in [7, 11) is 0. The van der Waals surface area contributed by atoms with Gasteiger partial charge in [0.05, 0.1) is 12.2 Å². The average Bonchev–Trinajstić information content (AvgIpc) is 3.06. The molecule has 1 atom stereocenters. The smallest absolute Gasteiger partial charge is 0.352 e. The molecular formula is C10H14N5NaO5S+2. The summed E-state index contributed by atoms with van der Waals surface area (Å²) < 4.78 is 10.9. The molecule has 0 aliphatic carbocycles. The molecule has 0 spiro atoms. The molecule has 4 N–H and O–H groups in total. The normalized spacial score (nSPS) is 20.2. The second-order valence-electron chi connectivity index (χ2n) is 4.50. The summed E-state index contributed by atoms with van der Waals surface area (Å²) in [6.07, 6.45) is 3.74. The van der Waals surface area contributed by atoms with E-state index in [-0.39, 0.29) is 41.6 Å². The van der Waals surface area contributed by atoms with E-state index in [1.54, 1.807) is 9.58 Å². The maximum atomic E-state index is 12.1. The van der Waals surface area contributed by atoms with Gasteiger partial charge in [-0.2, -0.15) is 14.4 Å². The first kappa shape index (κ1) is 17.7. The first-order valence-electron chi connectivity index (χ1n) is 6.17. The number of aromatic nitrogens is 2. The van der Waals surface area contributed by atoms with Crippen molar-refractivity contribution in [3.8, 4) is 0 Å². The molecule has 0 aromatic carbocycles. The summed E-state index contributed by atoms with van der Waals surface area (Å²) in [6, 6.07) is 1.34. The van der Waals surface area contributed by atoms with E-state index >= 15 is 0 Å². The van der Waals surface area contributed by atoms with Crippen molar-refractivity contribution in [2.75, 3.05) is 13.1 Å². The van der Waals surface area contributed by atoms with E-state index in [0.717, 1.165) is 16.5 Å². The van der Waals surface area contributed by atoms with Gasteiger partial charge >= 0.3 is 35.6 Å². The number of nitrogens with zero attached hydrogens (tertiary/aromatic N) is 4. The van der Waals surface area contributed by atoms with E-state index in [1.807, 2.05) is 18.3 Å². The Balaban J connectivity index is 0.00000176. The SMILES string of the molecule is [NH3+]Cc1ccn(C2=CC3CN(C2)C(=O)N3OSOOO)n1.[Na+]. The largest absolute Gasteiger partial charge is 1.00 e. The van der Waals surface area contributed by atoms with Crippen molar-refractivity contribution in [1.29, 1.82) is 0 Å². The zero-order valence-corrected chi connectivity index (χ0v) is 14.7. The quantitative estimate of drug-likeness (QED) is 0.182. The second kappa shape index (κ2) is 7.77. The predicted molar refractivity (Wildman–Crippen MR) is 69.2 cm³/mol. The molecule has 1 aromatic rings. The van der Waals surface area contributed by atoms with Crippen LogP contribution in [-0.2, 0) is 20.2 Å². The van der Waals surface area contributed by atoms with E-state index in [9.17, 15) is 4.79 Å². The maximum Gasteiger partial charge on any atom is 1.00 e. The third kappa shape index (κ3) is 3.48. The molecule has 2 aliphatic heterocycles. The fraction of sp³-hybridized carbons (Fsp3) is 0.400. The van der Waals surface area contributed by atoms with Crippen LogP contribution in [0.15, 0.2) is 18.3 Å². The predicted octanol–water partition coefficient (Wildman–Crippen LogP) is -3.49. The van der Waals surface area contributed by atoms with Gasteiger partial charge in [0.15, 0.2) is 0 Å². The van der Waals surface area contributed by atoms with E-state index in [1.165, 1.54) is 0 Å². The molecular weight excluding hydrogens is 325 g/mol. The molecule has 22 heavy (non-hydrogen) atoms. The van der Waals surface area contributed by atoms with Crippen molar-refractivity contribution in [2.45, 2.75) is 12.6 Å².